The van der Waals surface area contributed by atoms with Gasteiger partial charge in [-0.05, 0) is 19.1 Å². The maximum absolute atomic E-state index is 7.52. The van der Waals surface area contributed by atoms with E-state index in [-0.39, 0.29) is 0 Å². The van der Waals surface area contributed by atoms with Crippen LogP contribution in [0.3, 0.4) is 0 Å². The van der Waals surface area contributed by atoms with E-state index in [0.29, 0.717) is 11.3 Å². The van der Waals surface area contributed by atoms with Gasteiger partial charge in [-0.2, -0.15) is 0 Å². The fourth-order valence-electron chi connectivity index (χ4n) is 1.14. The molecule has 0 aliphatic carbocycles. The number of hydrogen-bond acceptors (Lipinski definition) is 2. The summed E-state index contributed by atoms with van der Waals surface area (Å²) < 4.78 is 4.96. The fourth-order valence-corrected chi connectivity index (χ4v) is 1.14. The minimum Gasteiger partial charge on any atom is -0.593 e. The van der Waals surface area contributed by atoms with Crippen LogP contribution in [0.25, 0.3) is 11.0 Å². The summed E-state index contributed by atoms with van der Waals surface area (Å²) in [4.78, 5) is 0. The summed E-state index contributed by atoms with van der Waals surface area (Å²) in [5.41, 5.74) is 1.47. The van der Waals surface area contributed by atoms with Gasteiger partial charge < -0.3 is 9.63 Å². The molecule has 2 rings (SSSR count). The Kier molecular flexibility index (Phi) is 1.12. The molecule has 0 spiro atoms. The summed E-state index contributed by atoms with van der Waals surface area (Å²) in [5.74, 6) is 0.473. The first-order valence-electron chi connectivity index (χ1n) is 3.35. The Morgan fingerprint density at radius 1 is 1.45 bits per heavy atom. The summed E-state index contributed by atoms with van der Waals surface area (Å²) in [6.45, 7) is 1.84. The molecule has 0 atom stereocenters. The third-order valence-electron chi connectivity index (χ3n) is 1.67. The second-order valence-corrected chi connectivity index (χ2v) is 2.45. The van der Waals surface area contributed by atoms with Crippen LogP contribution in [0.2, 0.25) is 0 Å². The third-order valence-corrected chi connectivity index (χ3v) is 1.67. The van der Waals surface area contributed by atoms with Gasteiger partial charge in [0.05, 0.1) is 5.69 Å². The van der Waals surface area contributed by atoms with Crippen LogP contribution >= 0.6 is 0 Å². The quantitative estimate of drug-likeness (QED) is 0.535. The van der Waals surface area contributed by atoms with Crippen molar-refractivity contribution in [2.75, 3.05) is 0 Å². The molecule has 0 saturated heterocycles. The highest BCUT2D eigenvalue weighted by molar-refractivity contribution is 5.85. The smallest absolute Gasteiger partial charge is 0.267 e. The van der Waals surface area contributed by atoms with Crippen LogP contribution < -0.4 is 0 Å². The van der Waals surface area contributed by atoms with Crippen LogP contribution in [0.1, 0.15) is 5.69 Å². The van der Waals surface area contributed by atoms with Gasteiger partial charge in [-0.1, -0.05) is 5.16 Å². The molecule has 2 aromatic rings. The highest BCUT2D eigenvalue weighted by Gasteiger charge is 2.10. The number of hydrogen-bond donors (Lipinski definition) is 0. The number of aryl methyl sites for hydroxylation is 1. The zero-order valence-corrected chi connectivity index (χ0v) is 6.09. The molecule has 1 aromatic carbocycles. The number of nitrogens with zero attached hydrogens (tertiary/aromatic N) is 1. The minimum absolute atomic E-state index is 0.473. The molecule has 0 unspecified atom stereocenters. The first-order chi connectivity index (χ1) is 5.29. The van der Waals surface area contributed by atoms with Gasteiger partial charge in [0.15, 0.2) is 5.58 Å². The van der Waals surface area contributed by atoms with Gasteiger partial charge in [0.1, 0.15) is 5.39 Å². The maximum Gasteiger partial charge on any atom is 0.267 e. The van der Waals surface area contributed by atoms with Crippen LogP contribution in [0, 0.1) is 6.92 Å². The van der Waals surface area contributed by atoms with Gasteiger partial charge in [-0.3, -0.25) is 0 Å². The van der Waals surface area contributed by atoms with Crippen molar-refractivity contribution in [2.24, 2.45) is 0 Å². The Morgan fingerprint density at radius 3 is 3.00 bits per heavy atom. The summed E-state index contributed by atoms with van der Waals surface area (Å²) in [7, 11) is 0. The van der Waals surface area contributed by atoms with Crippen LogP contribution in [-0.2, 0) is 0 Å². The largest absolute Gasteiger partial charge is 0.593 e. The Labute approximate surface area is 63.2 Å². The molecule has 0 radical (unpaired) electrons. The molecule has 56 valence electrons. The molecule has 2 N–H and O–H groups in total. The third kappa shape index (κ3) is 0.774. The van der Waals surface area contributed by atoms with Crippen molar-refractivity contribution in [1.29, 1.82) is 0 Å². The van der Waals surface area contributed by atoms with Crippen molar-refractivity contribution in [1.82, 2.24) is 5.16 Å². The summed E-state index contributed by atoms with van der Waals surface area (Å²) in [5, 5.41) is 12.1. The molecule has 1 heterocycles. The Balaban J connectivity index is 2.96. The van der Waals surface area contributed by atoms with E-state index in [0.717, 1.165) is 11.1 Å². The van der Waals surface area contributed by atoms with Gasteiger partial charge >= 0.3 is 0 Å². The van der Waals surface area contributed by atoms with E-state index < -0.39 is 0 Å². The van der Waals surface area contributed by atoms with Crippen molar-refractivity contribution in [2.45, 2.75) is 6.92 Å². The molecule has 0 aliphatic rings. The van der Waals surface area contributed by atoms with E-state index in [1.165, 1.54) is 0 Å². The molecule has 0 aliphatic heterocycles. The molecule has 0 bridgehead atoms. The Hall–Kier alpha value is -1.51. The zero-order chi connectivity index (χ0) is 7.84. The van der Waals surface area contributed by atoms with E-state index in [1.807, 2.05) is 13.0 Å². The lowest BCUT2D eigenvalue weighted by Gasteiger charge is -1.86. The SMILES string of the molecule is Cc1noc2cccc([OH2+])c12. The number of fused-ring (bicyclic) bond motifs is 1. The molecular weight excluding hydrogens is 142 g/mol. The van der Waals surface area contributed by atoms with Crippen molar-refractivity contribution in [3.05, 3.63) is 23.9 Å². The van der Waals surface area contributed by atoms with E-state index in [1.54, 1.807) is 12.1 Å². The fraction of sp³-hybridized carbons (Fsp3) is 0.125. The van der Waals surface area contributed by atoms with Gasteiger partial charge in [-0.15, -0.1) is 0 Å². The number of benzene rings is 1. The molecular formula is C8H8NO2+. The topological polar surface area (TPSA) is 48.9 Å². The maximum atomic E-state index is 7.52. The number of aromatic nitrogens is 1. The van der Waals surface area contributed by atoms with Crippen molar-refractivity contribution >= 4 is 11.0 Å². The lowest BCUT2D eigenvalue weighted by Crippen LogP contribution is -1.70. The monoisotopic (exact) mass is 150 g/mol. The normalized spacial score (nSPS) is 10.6. The number of rotatable bonds is 0. The first-order valence-corrected chi connectivity index (χ1v) is 3.35. The van der Waals surface area contributed by atoms with Gasteiger partial charge in [0.2, 0.25) is 0 Å². The first kappa shape index (κ1) is 6.22. The minimum atomic E-state index is 0.473. The van der Waals surface area contributed by atoms with E-state index >= 15 is 0 Å². The molecule has 3 nitrogen and oxygen atoms in total. The summed E-state index contributed by atoms with van der Waals surface area (Å²) in [6, 6.07) is 5.33. The van der Waals surface area contributed by atoms with E-state index in [9.17, 15) is 0 Å². The van der Waals surface area contributed by atoms with Gasteiger partial charge in [0.25, 0.3) is 5.75 Å². The second kappa shape index (κ2) is 1.99. The van der Waals surface area contributed by atoms with Crippen molar-refractivity contribution in [3.63, 3.8) is 0 Å². The van der Waals surface area contributed by atoms with Gasteiger partial charge in [0, 0.05) is 6.07 Å². The van der Waals surface area contributed by atoms with Crippen LogP contribution in [-0.4, -0.2) is 10.3 Å². The van der Waals surface area contributed by atoms with E-state index in [2.05, 4.69) is 5.16 Å². The summed E-state index contributed by atoms with van der Waals surface area (Å²) in [6.07, 6.45) is 0. The highest BCUT2D eigenvalue weighted by Crippen LogP contribution is 2.26. The van der Waals surface area contributed by atoms with Gasteiger partial charge in [-0.25, -0.2) is 0 Å². The average molecular weight is 150 g/mol. The molecule has 1 aromatic heterocycles. The molecule has 3 heteroatoms. The van der Waals surface area contributed by atoms with E-state index in [4.69, 9.17) is 9.63 Å². The van der Waals surface area contributed by atoms with Crippen molar-refractivity contribution < 1.29 is 9.63 Å². The highest BCUT2D eigenvalue weighted by atomic mass is 16.5. The Morgan fingerprint density at radius 2 is 2.27 bits per heavy atom. The molecule has 0 saturated carbocycles. The molecule has 0 amide bonds. The lowest BCUT2D eigenvalue weighted by molar-refractivity contribution is 0.450. The van der Waals surface area contributed by atoms with Crippen LogP contribution in [0.5, 0.6) is 5.75 Å². The predicted octanol–water partition coefficient (Wildman–Crippen LogP) is 1.57. The lowest BCUT2D eigenvalue weighted by atomic mass is 10.2. The zero-order valence-electron chi connectivity index (χ0n) is 6.09. The molecule has 0 fully saturated rings. The van der Waals surface area contributed by atoms with Crippen LogP contribution in [0.15, 0.2) is 22.7 Å². The summed E-state index contributed by atoms with van der Waals surface area (Å²) >= 11 is 0. The predicted molar refractivity (Wildman–Crippen MR) is 41.8 cm³/mol. The van der Waals surface area contributed by atoms with Crippen LogP contribution in [0.4, 0.5) is 0 Å². The molecule has 11 heavy (non-hydrogen) atoms. The Bertz CT molecular complexity index is 392. The van der Waals surface area contributed by atoms with Crippen molar-refractivity contribution in [3.8, 4) is 5.75 Å². The average Bonchev–Trinajstić information content (AvgIpc) is 2.34. The standard InChI is InChI=1S/C8H7NO2/c1-5-8-6(10)3-2-4-7(8)11-9-5/h2-4,10H,1H3/p+1. The second-order valence-electron chi connectivity index (χ2n) is 2.45.